The molecule has 1 aromatic rings. The SMILES string of the molecule is Cc1c(C2CCCC(C(F)(F)F)C2)noc1N. The summed E-state index contributed by atoms with van der Waals surface area (Å²) in [6.45, 7) is 1.73. The van der Waals surface area contributed by atoms with Crippen molar-refractivity contribution in [3.05, 3.63) is 11.3 Å². The van der Waals surface area contributed by atoms with Crippen molar-refractivity contribution in [2.24, 2.45) is 5.92 Å². The van der Waals surface area contributed by atoms with Gasteiger partial charge in [-0.05, 0) is 26.2 Å². The van der Waals surface area contributed by atoms with Crippen molar-refractivity contribution in [3.63, 3.8) is 0 Å². The van der Waals surface area contributed by atoms with Gasteiger partial charge in [0.25, 0.3) is 0 Å². The number of rotatable bonds is 1. The summed E-state index contributed by atoms with van der Waals surface area (Å²) < 4.78 is 42.8. The van der Waals surface area contributed by atoms with Crippen LogP contribution < -0.4 is 5.73 Å². The first kappa shape index (κ1) is 12.3. The first-order valence-electron chi connectivity index (χ1n) is 5.68. The molecule has 1 saturated carbocycles. The number of nitrogens with two attached hydrogens (primary N) is 1. The maximum Gasteiger partial charge on any atom is 0.391 e. The molecule has 6 heteroatoms. The number of hydrogen-bond acceptors (Lipinski definition) is 3. The van der Waals surface area contributed by atoms with E-state index in [0.717, 1.165) is 6.42 Å². The monoisotopic (exact) mass is 248 g/mol. The molecule has 2 rings (SSSR count). The summed E-state index contributed by atoms with van der Waals surface area (Å²) in [5.41, 5.74) is 6.79. The number of halogens is 3. The minimum absolute atomic E-state index is 0.0936. The Morgan fingerprint density at radius 1 is 1.35 bits per heavy atom. The molecule has 1 aliphatic carbocycles. The molecule has 2 unspecified atom stereocenters. The van der Waals surface area contributed by atoms with Crippen LogP contribution >= 0.6 is 0 Å². The fraction of sp³-hybridized carbons (Fsp3) is 0.727. The van der Waals surface area contributed by atoms with E-state index in [1.54, 1.807) is 6.92 Å². The molecule has 96 valence electrons. The predicted molar refractivity (Wildman–Crippen MR) is 56.4 cm³/mol. The lowest BCUT2D eigenvalue weighted by Gasteiger charge is -2.29. The van der Waals surface area contributed by atoms with Gasteiger partial charge in [-0.1, -0.05) is 11.6 Å². The molecule has 3 nitrogen and oxygen atoms in total. The molecule has 1 heterocycles. The van der Waals surface area contributed by atoms with Crippen molar-refractivity contribution in [1.29, 1.82) is 0 Å². The molecule has 2 N–H and O–H groups in total. The molecule has 1 aromatic heterocycles. The molecule has 17 heavy (non-hydrogen) atoms. The van der Waals surface area contributed by atoms with E-state index in [4.69, 9.17) is 10.3 Å². The quantitative estimate of drug-likeness (QED) is 0.828. The fourth-order valence-corrected chi connectivity index (χ4v) is 2.48. The second kappa shape index (κ2) is 4.23. The van der Waals surface area contributed by atoms with Crippen molar-refractivity contribution < 1.29 is 17.7 Å². The average molecular weight is 248 g/mol. The van der Waals surface area contributed by atoms with Crippen LogP contribution in [0.25, 0.3) is 0 Å². The molecule has 2 atom stereocenters. The topological polar surface area (TPSA) is 52.0 Å². The number of aromatic nitrogens is 1. The zero-order valence-corrected chi connectivity index (χ0v) is 9.55. The molecular weight excluding hydrogens is 233 g/mol. The van der Waals surface area contributed by atoms with E-state index in [9.17, 15) is 13.2 Å². The van der Waals surface area contributed by atoms with Gasteiger partial charge >= 0.3 is 6.18 Å². The maximum absolute atomic E-state index is 12.7. The Labute approximate surface area is 97.1 Å². The molecule has 0 aromatic carbocycles. The highest BCUT2D eigenvalue weighted by molar-refractivity contribution is 5.39. The molecule has 0 saturated heterocycles. The summed E-state index contributed by atoms with van der Waals surface area (Å²) in [5.74, 6) is -1.20. The van der Waals surface area contributed by atoms with Gasteiger partial charge in [0, 0.05) is 11.5 Å². The zero-order chi connectivity index (χ0) is 12.6. The van der Waals surface area contributed by atoms with Crippen LogP contribution in [0.4, 0.5) is 19.1 Å². The van der Waals surface area contributed by atoms with Crippen LogP contribution in [0.1, 0.15) is 42.9 Å². The molecule has 0 spiro atoms. The second-order valence-corrected chi connectivity index (χ2v) is 4.66. The Bertz CT molecular complexity index is 400. The highest BCUT2D eigenvalue weighted by Crippen LogP contribution is 2.44. The van der Waals surface area contributed by atoms with Gasteiger partial charge in [0.1, 0.15) is 0 Å². The summed E-state index contributed by atoms with van der Waals surface area (Å²) in [6.07, 6.45) is -2.51. The number of nitrogen functional groups attached to an aromatic ring is 1. The highest BCUT2D eigenvalue weighted by atomic mass is 19.4. The van der Waals surface area contributed by atoms with Crippen molar-refractivity contribution >= 4 is 5.88 Å². The summed E-state index contributed by atoms with van der Waals surface area (Å²) in [5, 5.41) is 3.79. The standard InChI is InChI=1S/C11H15F3N2O/c1-6-9(16-17-10(6)15)7-3-2-4-8(5-7)11(12,13)14/h7-8H,2-5,15H2,1H3. The molecular formula is C11H15F3N2O. The Kier molecular flexibility index (Phi) is 3.05. The smallest absolute Gasteiger partial charge is 0.367 e. The Morgan fingerprint density at radius 3 is 2.59 bits per heavy atom. The van der Waals surface area contributed by atoms with Crippen LogP contribution in [-0.4, -0.2) is 11.3 Å². The van der Waals surface area contributed by atoms with Crippen molar-refractivity contribution in [1.82, 2.24) is 5.16 Å². The van der Waals surface area contributed by atoms with Gasteiger partial charge in [-0.2, -0.15) is 13.2 Å². The second-order valence-electron chi connectivity index (χ2n) is 4.66. The third-order valence-electron chi connectivity index (χ3n) is 3.52. The largest absolute Gasteiger partial charge is 0.391 e. The Balaban J connectivity index is 2.15. The van der Waals surface area contributed by atoms with Gasteiger partial charge in [0.2, 0.25) is 5.88 Å². The lowest BCUT2D eigenvalue weighted by Crippen LogP contribution is -2.28. The predicted octanol–water partition coefficient (Wildman–Crippen LogP) is 3.40. The van der Waals surface area contributed by atoms with Crippen molar-refractivity contribution in [2.45, 2.75) is 44.7 Å². The van der Waals surface area contributed by atoms with E-state index in [1.807, 2.05) is 0 Å². The van der Waals surface area contributed by atoms with Crippen LogP contribution in [0.5, 0.6) is 0 Å². The summed E-state index contributed by atoms with van der Waals surface area (Å²) in [4.78, 5) is 0. The zero-order valence-electron chi connectivity index (χ0n) is 9.55. The molecule has 1 fully saturated rings. The van der Waals surface area contributed by atoms with Crippen molar-refractivity contribution in [3.8, 4) is 0 Å². The van der Waals surface area contributed by atoms with E-state index in [-0.39, 0.29) is 24.6 Å². The fourth-order valence-electron chi connectivity index (χ4n) is 2.48. The maximum atomic E-state index is 12.7. The number of hydrogen-bond donors (Lipinski definition) is 1. The Morgan fingerprint density at radius 2 is 2.06 bits per heavy atom. The summed E-state index contributed by atoms with van der Waals surface area (Å²) >= 11 is 0. The van der Waals surface area contributed by atoms with Crippen LogP contribution in [0, 0.1) is 12.8 Å². The van der Waals surface area contributed by atoms with Gasteiger partial charge in [-0.25, -0.2) is 0 Å². The van der Waals surface area contributed by atoms with E-state index in [1.165, 1.54) is 0 Å². The van der Waals surface area contributed by atoms with Crippen LogP contribution in [0.2, 0.25) is 0 Å². The summed E-state index contributed by atoms with van der Waals surface area (Å²) in [7, 11) is 0. The first-order valence-corrected chi connectivity index (χ1v) is 5.68. The van der Waals surface area contributed by atoms with E-state index in [0.29, 0.717) is 17.7 Å². The molecule has 0 aliphatic heterocycles. The minimum atomic E-state index is -4.11. The molecule has 0 amide bonds. The van der Waals surface area contributed by atoms with Crippen molar-refractivity contribution in [2.75, 3.05) is 5.73 Å². The van der Waals surface area contributed by atoms with Crippen LogP contribution in [0.15, 0.2) is 4.52 Å². The first-order chi connectivity index (χ1) is 7.89. The number of nitrogens with zero attached hydrogens (tertiary/aromatic N) is 1. The van der Waals surface area contributed by atoms with E-state index < -0.39 is 12.1 Å². The average Bonchev–Trinajstić information content (AvgIpc) is 2.59. The summed E-state index contributed by atoms with van der Waals surface area (Å²) in [6, 6.07) is 0. The van der Waals surface area contributed by atoms with E-state index >= 15 is 0 Å². The highest BCUT2D eigenvalue weighted by Gasteiger charge is 2.43. The van der Waals surface area contributed by atoms with Gasteiger partial charge in [0.05, 0.1) is 11.6 Å². The van der Waals surface area contributed by atoms with Crippen LogP contribution in [-0.2, 0) is 0 Å². The van der Waals surface area contributed by atoms with Crippen LogP contribution in [0.3, 0.4) is 0 Å². The third-order valence-corrected chi connectivity index (χ3v) is 3.52. The molecule has 1 aliphatic rings. The third kappa shape index (κ3) is 2.40. The number of alkyl halides is 3. The van der Waals surface area contributed by atoms with Gasteiger partial charge in [-0.3, -0.25) is 0 Å². The number of anilines is 1. The van der Waals surface area contributed by atoms with Gasteiger partial charge < -0.3 is 10.3 Å². The van der Waals surface area contributed by atoms with E-state index in [2.05, 4.69) is 5.16 Å². The van der Waals surface area contributed by atoms with Gasteiger partial charge in [-0.15, -0.1) is 0 Å². The van der Waals surface area contributed by atoms with Gasteiger partial charge in [0.15, 0.2) is 0 Å². The lowest BCUT2D eigenvalue weighted by molar-refractivity contribution is -0.183. The normalized spacial score (nSPS) is 26.1. The lowest BCUT2D eigenvalue weighted by atomic mass is 9.79. The molecule has 0 radical (unpaired) electrons. The minimum Gasteiger partial charge on any atom is -0.367 e. The Hall–Kier alpha value is -1.20. The molecule has 0 bridgehead atoms.